The van der Waals surface area contributed by atoms with Crippen molar-refractivity contribution in [3.63, 3.8) is 0 Å². The Bertz CT molecular complexity index is 791. The Balaban J connectivity index is 1.54. The molecule has 28 heavy (non-hydrogen) atoms. The van der Waals surface area contributed by atoms with E-state index in [1.165, 1.54) is 11.8 Å². The number of amides is 2. The molecule has 2 amide bonds. The number of likely N-dealkylation sites (N-methyl/N-ethyl adjacent to an activating group) is 1. The van der Waals surface area contributed by atoms with Gasteiger partial charge in [-0.2, -0.15) is 0 Å². The number of hydrogen-bond acceptors (Lipinski definition) is 4. The van der Waals surface area contributed by atoms with Crippen molar-refractivity contribution in [1.29, 1.82) is 0 Å². The molecule has 2 aromatic rings. The van der Waals surface area contributed by atoms with Gasteiger partial charge in [0, 0.05) is 25.0 Å². The molecular formula is C22H26N2O3S. The molecule has 0 saturated carbocycles. The van der Waals surface area contributed by atoms with Crippen LogP contribution in [0.1, 0.15) is 23.2 Å². The molecule has 148 valence electrons. The monoisotopic (exact) mass is 398 g/mol. The highest BCUT2D eigenvalue weighted by Gasteiger charge is 2.20. The van der Waals surface area contributed by atoms with Crippen LogP contribution in [-0.2, 0) is 4.79 Å². The highest BCUT2D eigenvalue weighted by molar-refractivity contribution is 8.00. The summed E-state index contributed by atoms with van der Waals surface area (Å²) in [5, 5.41) is 0. The lowest BCUT2D eigenvalue weighted by Gasteiger charge is -2.19. The minimum atomic E-state index is -0.0617. The molecule has 1 saturated heterocycles. The van der Waals surface area contributed by atoms with Crippen molar-refractivity contribution in [1.82, 2.24) is 9.80 Å². The van der Waals surface area contributed by atoms with Crippen molar-refractivity contribution < 1.29 is 14.3 Å². The number of nitrogens with zero attached hydrogens (tertiary/aromatic N) is 2. The lowest BCUT2D eigenvalue weighted by Crippen LogP contribution is -2.31. The van der Waals surface area contributed by atoms with Gasteiger partial charge in [-0.15, -0.1) is 11.8 Å². The summed E-state index contributed by atoms with van der Waals surface area (Å²) in [6.07, 6.45) is 2.17. The number of rotatable bonds is 8. The first-order valence-corrected chi connectivity index (χ1v) is 10.6. The Labute approximate surface area is 170 Å². The fourth-order valence-electron chi connectivity index (χ4n) is 3.09. The van der Waals surface area contributed by atoms with Crippen LogP contribution in [0.25, 0.3) is 0 Å². The molecule has 1 aliphatic rings. The molecular weight excluding hydrogens is 372 g/mol. The maximum atomic E-state index is 12.9. The van der Waals surface area contributed by atoms with Gasteiger partial charge in [0.15, 0.2) is 0 Å². The molecule has 0 bridgehead atoms. The van der Waals surface area contributed by atoms with Gasteiger partial charge in [0.25, 0.3) is 5.91 Å². The van der Waals surface area contributed by atoms with E-state index in [0.717, 1.165) is 36.6 Å². The van der Waals surface area contributed by atoms with Gasteiger partial charge < -0.3 is 14.5 Å². The molecule has 0 N–H and O–H groups in total. The van der Waals surface area contributed by atoms with Gasteiger partial charge in [0.2, 0.25) is 5.91 Å². The molecule has 0 unspecified atom stereocenters. The lowest BCUT2D eigenvalue weighted by atomic mass is 10.2. The molecule has 6 heteroatoms. The summed E-state index contributed by atoms with van der Waals surface area (Å²) < 4.78 is 5.68. The number of thioether (sulfide) groups is 1. The molecule has 5 nitrogen and oxygen atoms in total. The molecule has 0 aliphatic carbocycles. The number of hydrogen-bond donors (Lipinski definition) is 0. The number of ether oxygens (including phenoxy) is 1. The van der Waals surface area contributed by atoms with Crippen molar-refractivity contribution in [2.75, 3.05) is 39.0 Å². The maximum Gasteiger partial charge on any atom is 0.254 e. The Morgan fingerprint density at radius 1 is 1.04 bits per heavy atom. The second kappa shape index (κ2) is 10.2. The average Bonchev–Trinajstić information content (AvgIpc) is 3.27. The number of benzene rings is 2. The van der Waals surface area contributed by atoms with Crippen LogP contribution in [-0.4, -0.2) is 60.7 Å². The number of carbonyl (C=O) groups excluding carboxylic acids is 2. The van der Waals surface area contributed by atoms with Gasteiger partial charge in [-0.3, -0.25) is 9.59 Å². The van der Waals surface area contributed by atoms with E-state index >= 15 is 0 Å². The SMILES string of the molecule is CN(CCOc1ccccc1)C(=O)c1ccccc1SCC(=O)N1CCCC1. The van der Waals surface area contributed by atoms with Crippen LogP contribution in [0.15, 0.2) is 59.5 Å². The van der Waals surface area contributed by atoms with E-state index in [9.17, 15) is 9.59 Å². The van der Waals surface area contributed by atoms with Crippen LogP contribution in [0, 0.1) is 0 Å². The molecule has 1 fully saturated rings. The van der Waals surface area contributed by atoms with E-state index in [1.807, 2.05) is 59.5 Å². The largest absolute Gasteiger partial charge is 0.492 e. The third-order valence-electron chi connectivity index (χ3n) is 4.71. The van der Waals surface area contributed by atoms with E-state index in [0.29, 0.717) is 24.5 Å². The second-order valence-electron chi connectivity index (χ2n) is 6.76. The highest BCUT2D eigenvalue weighted by atomic mass is 32.2. The Morgan fingerprint density at radius 3 is 2.46 bits per heavy atom. The van der Waals surface area contributed by atoms with Gasteiger partial charge in [-0.05, 0) is 37.1 Å². The van der Waals surface area contributed by atoms with Crippen LogP contribution in [0.4, 0.5) is 0 Å². The average molecular weight is 399 g/mol. The molecule has 2 aromatic carbocycles. The van der Waals surface area contributed by atoms with Crippen LogP contribution in [0.5, 0.6) is 5.75 Å². The van der Waals surface area contributed by atoms with Crippen molar-refractivity contribution in [3.05, 3.63) is 60.2 Å². The minimum absolute atomic E-state index is 0.0617. The number of para-hydroxylation sites is 1. The molecule has 1 heterocycles. The Morgan fingerprint density at radius 2 is 1.71 bits per heavy atom. The molecule has 0 aromatic heterocycles. The number of likely N-dealkylation sites (tertiary alicyclic amines) is 1. The summed E-state index contributed by atoms with van der Waals surface area (Å²) in [7, 11) is 1.77. The van der Waals surface area contributed by atoms with Gasteiger partial charge in [-0.25, -0.2) is 0 Å². The van der Waals surface area contributed by atoms with Crippen LogP contribution < -0.4 is 4.74 Å². The fourth-order valence-corrected chi connectivity index (χ4v) is 4.04. The quantitative estimate of drug-likeness (QED) is 0.638. The van der Waals surface area contributed by atoms with Crippen LogP contribution in [0.3, 0.4) is 0 Å². The van der Waals surface area contributed by atoms with Crippen molar-refractivity contribution >= 4 is 23.6 Å². The topological polar surface area (TPSA) is 49.9 Å². The molecule has 0 atom stereocenters. The van der Waals surface area contributed by atoms with E-state index in [2.05, 4.69) is 0 Å². The molecule has 1 aliphatic heterocycles. The first kappa shape index (κ1) is 20.3. The first-order chi connectivity index (χ1) is 13.6. The summed E-state index contributed by atoms with van der Waals surface area (Å²) in [4.78, 5) is 29.6. The third kappa shape index (κ3) is 5.52. The van der Waals surface area contributed by atoms with Crippen LogP contribution in [0.2, 0.25) is 0 Å². The Kier molecular flexibility index (Phi) is 7.37. The van der Waals surface area contributed by atoms with Crippen LogP contribution >= 0.6 is 11.8 Å². The third-order valence-corrected chi connectivity index (χ3v) is 5.77. The van der Waals surface area contributed by atoms with Crippen molar-refractivity contribution in [2.45, 2.75) is 17.7 Å². The van der Waals surface area contributed by atoms with E-state index in [1.54, 1.807) is 11.9 Å². The van der Waals surface area contributed by atoms with E-state index in [4.69, 9.17) is 4.74 Å². The van der Waals surface area contributed by atoms with Gasteiger partial charge >= 0.3 is 0 Å². The maximum absolute atomic E-state index is 12.9. The van der Waals surface area contributed by atoms with E-state index in [-0.39, 0.29) is 11.8 Å². The van der Waals surface area contributed by atoms with Gasteiger partial charge in [-0.1, -0.05) is 30.3 Å². The highest BCUT2D eigenvalue weighted by Crippen LogP contribution is 2.24. The zero-order valence-electron chi connectivity index (χ0n) is 16.2. The predicted molar refractivity (Wildman–Crippen MR) is 112 cm³/mol. The predicted octanol–water partition coefficient (Wildman–Crippen LogP) is 3.55. The standard InChI is InChI=1S/C22H26N2O3S/c1-23(15-16-27-18-9-3-2-4-10-18)22(26)19-11-5-6-12-20(19)28-17-21(25)24-13-7-8-14-24/h2-6,9-12H,7-8,13-17H2,1H3. The van der Waals surface area contributed by atoms with Gasteiger partial charge in [0.05, 0.1) is 17.9 Å². The summed E-state index contributed by atoms with van der Waals surface area (Å²) in [6.45, 7) is 2.61. The van der Waals surface area contributed by atoms with Gasteiger partial charge in [0.1, 0.15) is 12.4 Å². The first-order valence-electron chi connectivity index (χ1n) is 9.58. The molecule has 3 rings (SSSR count). The van der Waals surface area contributed by atoms with E-state index < -0.39 is 0 Å². The normalized spacial score (nSPS) is 13.4. The van der Waals surface area contributed by atoms with Crippen molar-refractivity contribution in [3.8, 4) is 5.75 Å². The smallest absolute Gasteiger partial charge is 0.254 e. The zero-order valence-corrected chi connectivity index (χ0v) is 17.0. The van der Waals surface area contributed by atoms with Crippen molar-refractivity contribution in [2.24, 2.45) is 0 Å². The zero-order chi connectivity index (χ0) is 19.8. The molecule has 0 radical (unpaired) electrons. The summed E-state index contributed by atoms with van der Waals surface area (Å²) in [5.74, 6) is 1.24. The summed E-state index contributed by atoms with van der Waals surface area (Å²) in [6, 6.07) is 17.0. The molecule has 0 spiro atoms. The fraction of sp³-hybridized carbons (Fsp3) is 0.364. The summed E-state index contributed by atoms with van der Waals surface area (Å²) in [5.41, 5.74) is 0.629. The number of carbonyl (C=O) groups is 2. The summed E-state index contributed by atoms with van der Waals surface area (Å²) >= 11 is 1.44. The lowest BCUT2D eigenvalue weighted by molar-refractivity contribution is -0.127. The second-order valence-corrected chi connectivity index (χ2v) is 7.78. The minimum Gasteiger partial charge on any atom is -0.492 e. The Hall–Kier alpha value is -2.47.